The first-order chi connectivity index (χ1) is 20.7. The van der Waals surface area contributed by atoms with Gasteiger partial charge in [0.1, 0.15) is 11.5 Å². The molecule has 3 aliphatic rings. The van der Waals surface area contributed by atoms with Crippen molar-refractivity contribution < 1.29 is 19.3 Å². The van der Waals surface area contributed by atoms with Crippen LogP contribution in [0.2, 0.25) is 5.02 Å². The summed E-state index contributed by atoms with van der Waals surface area (Å²) in [6, 6.07) is 23.1. The number of amides is 1. The highest BCUT2D eigenvalue weighted by Crippen LogP contribution is 2.58. The fourth-order valence-electron chi connectivity index (χ4n) is 7.04. The number of nitrogens with one attached hydrogen (secondary N) is 1. The number of ketones is 2. The number of hydrogen-bond donors (Lipinski definition) is 1. The predicted octanol–water partition coefficient (Wildman–Crippen LogP) is 6.41. The highest BCUT2D eigenvalue weighted by atomic mass is 35.5. The Labute approximate surface area is 251 Å². The number of non-ortho nitro benzene ring substituents is 1. The summed E-state index contributed by atoms with van der Waals surface area (Å²) in [5.74, 6) is -2.53. The van der Waals surface area contributed by atoms with Crippen LogP contribution >= 0.6 is 11.6 Å². The second kappa shape index (κ2) is 9.74. The normalized spacial score (nSPS) is 23.0. The number of fused-ring (bicyclic) bond motifs is 6. The predicted molar refractivity (Wildman–Crippen MR) is 164 cm³/mol. The number of nitro groups is 1. The third-order valence-corrected chi connectivity index (χ3v) is 9.06. The summed E-state index contributed by atoms with van der Waals surface area (Å²) < 4.78 is 0. The Morgan fingerprint density at radius 2 is 1.70 bits per heavy atom. The molecular weight excluding hydrogens is 566 g/mol. The number of hydrogen-bond acceptors (Lipinski definition) is 6. The lowest BCUT2D eigenvalue weighted by Gasteiger charge is -2.37. The molecule has 8 nitrogen and oxygen atoms in total. The molecule has 1 spiro atoms. The number of carbonyl (C=O) groups is 3. The van der Waals surface area contributed by atoms with Crippen LogP contribution in [0.3, 0.4) is 0 Å². The third-order valence-electron chi connectivity index (χ3n) is 8.81. The highest BCUT2D eigenvalue weighted by Gasteiger charge is 2.70. The van der Waals surface area contributed by atoms with Crippen molar-refractivity contribution in [1.29, 1.82) is 0 Å². The minimum atomic E-state index is -1.51. The minimum Gasteiger partial charge on any atom is -0.352 e. The van der Waals surface area contributed by atoms with Crippen LogP contribution in [0, 0.1) is 23.0 Å². The average molecular weight is 590 g/mol. The summed E-state index contributed by atoms with van der Waals surface area (Å²) >= 11 is 6.15. The maximum atomic E-state index is 14.8. The number of anilines is 2. The van der Waals surface area contributed by atoms with Gasteiger partial charge in [0.05, 0.1) is 16.9 Å². The lowest BCUT2D eigenvalue weighted by Crippen LogP contribution is -2.51. The van der Waals surface area contributed by atoms with Crippen molar-refractivity contribution in [1.82, 2.24) is 0 Å². The Kier molecular flexibility index (Phi) is 6.07. The van der Waals surface area contributed by atoms with Crippen molar-refractivity contribution in [2.24, 2.45) is 5.92 Å². The topological polar surface area (TPSA) is 110 Å². The van der Waals surface area contributed by atoms with Gasteiger partial charge >= 0.3 is 0 Å². The summed E-state index contributed by atoms with van der Waals surface area (Å²) in [6.45, 7) is 1.97. The van der Waals surface area contributed by atoms with Crippen molar-refractivity contribution in [2.45, 2.75) is 24.4 Å². The van der Waals surface area contributed by atoms with E-state index in [1.54, 1.807) is 42.5 Å². The van der Waals surface area contributed by atoms with Gasteiger partial charge in [-0.2, -0.15) is 0 Å². The first kappa shape index (κ1) is 26.8. The van der Waals surface area contributed by atoms with E-state index in [1.807, 2.05) is 48.2 Å². The molecule has 1 fully saturated rings. The molecule has 4 atom stereocenters. The van der Waals surface area contributed by atoms with Crippen molar-refractivity contribution in [3.63, 3.8) is 0 Å². The average Bonchev–Trinajstić information content (AvgIpc) is 3.49. The molecule has 7 rings (SSSR count). The Morgan fingerprint density at radius 3 is 2.47 bits per heavy atom. The first-order valence-corrected chi connectivity index (χ1v) is 14.2. The molecule has 0 unspecified atom stereocenters. The van der Waals surface area contributed by atoms with Gasteiger partial charge < -0.3 is 10.2 Å². The van der Waals surface area contributed by atoms with Crippen molar-refractivity contribution in [3.8, 4) is 0 Å². The Morgan fingerprint density at radius 1 is 0.930 bits per heavy atom. The molecule has 3 aliphatic heterocycles. The minimum absolute atomic E-state index is 0.0534. The molecule has 43 heavy (non-hydrogen) atoms. The number of nitro benzene ring substituents is 1. The van der Waals surface area contributed by atoms with E-state index in [9.17, 15) is 24.5 Å². The van der Waals surface area contributed by atoms with Crippen LogP contribution in [0.4, 0.5) is 17.1 Å². The third kappa shape index (κ3) is 3.87. The number of benzene rings is 4. The van der Waals surface area contributed by atoms with Crippen LogP contribution in [0.25, 0.3) is 6.08 Å². The summed E-state index contributed by atoms with van der Waals surface area (Å²) in [4.78, 5) is 56.9. The van der Waals surface area contributed by atoms with Gasteiger partial charge in [-0.15, -0.1) is 0 Å². The van der Waals surface area contributed by atoms with Crippen molar-refractivity contribution >= 4 is 52.2 Å². The van der Waals surface area contributed by atoms with Crippen LogP contribution in [-0.4, -0.2) is 34.5 Å². The molecule has 0 saturated carbocycles. The molecule has 4 aromatic rings. The van der Waals surface area contributed by atoms with Gasteiger partial charge in [-0.25, -0.2) is 0 Å². The zero-order chi connectivity index (χ0) is 30.0. The number of aryl methyl sites for hydroxylation is 1. The molecule has 1 N–H and O–H groups in total. The van der Waals surface area contributed by atoms with Crippen LogP contribution in [0.5, 0.6) is 0 Å². The Bertz CT molecular complexity index is 1900. The molecule has 0 radical (unpaired) electrons. The molecule has 3 heterocycles. The van der Waals surface area contributed by atoms with Crippen LogP contribution in [0.15, 0.2) is 97.1 Å². The molecule has 9 heteroatoms. The smallest absolute Gasteiger partial charge is 0.270 e. The van der Waals surface area contributed by atoms with Gasteiger partial charge in [0.15, 0.2) is 11.6 Å². The lowest BCUT2D eigenvalue weighted by molar-refractivity contribution is -0.384. The molecule has 0 aliphatic carbocycles. The lowest BCUT2D eigenvalue weighted by atomic mass is 9.64. The van der Waals surface area contributed by atoms with Gasteiger partial charge in [0.2, 0.25) is 5.91 Å². The number of halogens is 1. The van der Waals surface area contributed by atoms with E-state index >= 15 is 0 Å². The van der Waals surface area contributed by atoms with E-state index in [0.717, 1.165) is 16.8 Å². The van der Waals surface area contributed by atoms with E-state index in [1.165, 1.54) is 24.3 Å². The van der Waals surface area contributed by atoms with Gasteiger partial charge in [0.25, 0.3) is 5.69 Å². The summed E-state index contributed by atoms with van der Waals surface area (Å²) in [5, 5.41) is 15.1. The Hall–Kier alpha value is -5.08. The van der Waals surface area contributed by atoms with Crippen LogP contribution < -0.4 is 10.2 Å². The zero-order valence-electron chi connectivity index (χ0n) is 22.9. The SMILES string of the molecule is Cc1ccc2c(c1)C=C[C@@H]1N2[C@H](C(=O)c2ccc(Cl)cc2)[C@@H](C(=O)c2cccc([N+](=O)[O-])c2)[C@@]12C(=O)Nc1ccccc12. The molecule has 4 aromatic carbocycles. The van der Waals surface area contributed by atoms with E-state index in [4.69, 9.17) is 11.6 Å². The largest absolute Gasteiger partial charge is 0.352 e. The second-order valence-corrected chi connectivity index (χ2v) is 11.5. The van der Waals surface area contributed by atoms with E-state index in [2.05, 4.69) is 5.32 Å². The molecular formula is C34H24ClN3O5. The fourth-order valence-corrected chi connectivity index (χ4v) is 7.16. The summed E-state index contributed by atoms with van der Waals surface area (Å²) in [7, 11) is 0. The molecule has 0 bridgehead atoms. The van der Waals surface area contributed by atoms with Gasteiger partial charge in [-0.3, -0.25) is 24.5 Å². The first-order valence-electron chi connectivity index (χ1n) is 13.8. The summed E-state index contributed by atoms with van der Waals surface area (Å²) in [6.07, 6.45) is 3.83. The van der Waals surface area contributed by atoms with Crippen molar-refractivity contribution in [2.75, 3.05) is 10.2 Å². The number of nitrogens with zero attached hydrogens (tertiary/aromatic N) is 2. The van der Waals surface area contributed by atoms with Gasteiger partial charge in [0, 0.05) is 39.7 Å². The standard InChI is InChI=1S/C34H24ClN3O5/c1-19-9-15-27-21(17-19)12-16-28-34(25-7-2-3-8-26(25)36-33(34)41)29(31(39)22-5-4-6-24(18-22)38(42)43)30(37(27)28)32(40)20-10-13-23(35)14-11-20/h2-18,28-30H,1H3,(H,36,41)/t28-,29-,30-,34-/m0/s1. The molecule has 0 aromatic heterocycles. The molecule has 212 valence electrons. The molecule has 1 saturated heterocycles. The summed E-state index contributed by atoms with van der Waals surface area (Å²) in [5.41, 5.74) is 2.38. The fraction of sp³-hybridized carbons (Fsp3) is 0.147. The van der Waals surface area contributed by atoms with Crippen molar-refractivity contribution in [3.05, 3.63) is 140 Å². The van der Waals surface area contributed by atoms with E-state index in [0.29, 0.717) is 21.8 Å². The number of carbonyl (C=O) groups excluding carboxylic acids is 3. The molecule has 1 amide bonds. The number of Topliss-reactive ketones (excluding diaryl/α,β-unsaturated/α-hetero) is 2. The van der Waals surface area contributed by atoms with Gasteiger partial charge in [-0.1, -0.05) is 65.7 Å². The van der Waals surface area contributed by atoms with Gasteiger partial charge in [-0.05, 0) is 60.5 Å². The monoisotopic (exact) mass is 589 g/mol. The maximum absolute atomic E-state index is 14.8. The number of rotatable bonds is 5. The Balaban J connectivity index is 1.53. The van der Waals surface area contributed by atoms with E-state index < -0.39 is 40.0 Å². The zero-order valence-corrected chi connectivity index (χ0v) is 23.6. The highest BCUT2D eigenvalue weighted by molar-refractivity contribution is 6.30. The maximum Gasteiger partial charge on any atom is 0.270 e. The quantitative estimate of drug-likeness (QED) is 0.164. The second-order valence-electron chi connectivity index (χ2n) is 11.1. The van der Waals surface area contributed by atoms with Crippen LogP contribution in [0.1, 0.15) is 37.4 Å². The number of para-hydroxylation sites is 1. The van der Waals surface area contributed by atoms with Crippen LogP contribution in [-0.2, 0) is 10.2 Å². The van der Waals surface area contributed by atoms with E-state index in [-0.39, 0.29) is 17.0 Å².